The molecule has 1 aliphatic heterocycles. The van der Waals surface area contributed by atoms with E-state index in [0.29, 0.717) is 24.9 Å². The van der Waals surface area contributed by atoms with Gasteiger partial charge in [-0.25, -0.2) is 8.78 Å². The monoisotopic (exact) mass is 386 g/mol. The molecule has 1 amide bonds. The summed E-state index contributed by atoms with van der Waals surface area (Å²) in [6, 6.07) is 12.1. The first-order valence-corrected chi connectivity index (χ1v) is 9.70. The van der Waals surface area contributed by atoms with Gasteiger partial charge in [-0.1, -0.05) is 30.3 Å². The summed E-state index contributed by atoms with van der Waals surface area (Å²) in [4.78, 5) is 14.4. The number of hydrogen-bond acceptors (Lipinski definition) is 3. The summed E-state index contributed by atoms with van der Waals surface area (Å²) < 4.78 is 26.6. The van der Waals surface area contributed by atoms with E-state index in [2.05, 4.69) is 17.4 Å². The molecule has 2 aromatic rings. The molecular formula is C22H24F2N2O2. The number of amides is 1. The number of nitrogens with one attached hydrogen (secondary N) is 1. The number of piperidine rings is 1. The van der Waals surface area contributed by atoms with E-state index in [1.54, 1.807) is 0 Å². The number of aliphatic hydroxyl groups is 1. The van der Waals surface area contributed by atoms with Crippen LogP contribution in [0.2, 0.25) is 0 Å². The minimum absolute atomic E-state index is 0.160. The number of fused-ring (bicyclic) bond motifs is 1. The van der Waals surface area contributed by atoms with Crippen LogP contribution in [0.1, 0.15) is 29.5 Å². The van der Waals surface area contributed by atoms with Crippen molar-refractivity contribution in [2.75, 3.05) is 13.1 Å². The molecule has 2 aliphatic rings. The molecular weight excluding hydrogens is 362 g/mol. The quantitative estimate of drug-likeness (QED) is 0.831. The summed E-state index contributed by atoms with van der Waals surface area (Å²) >= 11 is 0. The Bertz CT molecular complexity index is 864. The maximum absolute atomic E-state index is 13.5. The molecule has 0 unspecified atom stereocenters. The fourth-order valence-electron chi connectivity index (χ4n) is 4.25. The molecule has 4 nitrogen and oxygen atoms in total. The van der Waals surface area contributed by atoms with Crippen LogP contribution in [-0.2, 0) is 24.2 Å². The topological polar surface area (TPSA) is 52.6 Å². The molecule has 0 aromatic heterocycles. The van der Waals surface area contributed by atoms with Gasteiger partial charge in [0.1, 0.15) is 0 Å². The molecule has 0 radical (unpaired) electrons. The molecule has 0 spiro atoms. The third-order valence-corrected chi connectivity index (χ3v) is 5.80. The summed E-state index contributed by atoms with van der Waals surface area (Å²) in [6.45, 7) is 0.848. The predicted molar refractivity (Wildman–Crippen MR) is 102 cm³/mol. The van der Waals surface area contributed by atoms with Crippen LogP contribution in [-0.4, -0.2) is 40.6 Å². The Balaban J connectivity index is 1.38. The van der Waals surface area contributed by atoms with E-state index in [0.717, 1.165) is 25.0 Å². The third kappa shape index (κ3) is 3.80. The standard InChI is InChI=1S/C22H24F2N2O2/c23-19-7-6-15(10-20(19)24)13-26-9-3-8-22(28,21(26)27)14-25-18-11-16-4-1-2-5-17(16)12-18/h1-2,4-7,10,18,25,28H,3,8-9,11-14H2/t22-/m1/s1. The van der Waals surface area contributed by atoms with Gasteiger partial charge in [-0.2, -0.15) is 0 Å². The molecule has 1 atom stereocenters. The van der Waals surface area contributed by atoms with Crippen molar-refractivity contribution in [3.8, 4) is 0 Å². The molecule has 1 fully saturated rings. The summed E-state index contributed by atoms with van der Waals surface area (Å²) in [5.74, 6) is -2.20. The highest BCUT2D eigenvalue weighted by Crippen LogP contribution is 2.26. The van der Waals surface area contributed by atoms with E-state index in [1.807, 2.05) is 12.1 Å². The van der Waals surface area contributed by atoms with Gasteiger partial charge in [0.25, 0.3) is 5.91 Å². The Kier molecular flexibility index (Phi) is 5.17. The molecule has 148 valence electrons. The van der Waals surface area contributed by atoms with Crippen molar-refractivity contribution in [1.29, 1.82) is 0 Å². The minimum atomic E-state index is -1.47. The van der Waals surface area contributed by atoms with Gasteiger partial charge in [-0.3, -0.25) is 4.79 Å². The van der Waals surface area contributed by atoms with Crippen molar-refractivity contribution >= 4 is 5.91 Å². The fraction of sp³-hybridized carbons (Fsp3) is 0.409. The van der Waals surface area contributed by atoms with E-state index in [-0.39, 0.29) is 25.0 Å². The van der Waals surface area contributed by atoms with Crippen LogP contribution in [0.15, 0.2) is 42.5 Å². The second-order valence-corrected chi connectivity index (χ2v) is 7.87. The van der Waals surface area contributed by atoms with Crippen LogP contribution in [0.5, 0.6) is 0 Å². The van der Waals surface area contributed by atoms with Gasteiger partial charge in [0.05, 0.1) is 0 Å². The normalized spacial score (nSPS) is 22.5. The minimum Gasteiger partial charge on any atom is -0.379 e. The fourth-order valence-corrected chi connectivity index (χ4v) is 4.25. The van der Waals surface area contributed by atoms with Crippen molar-refractivity contribution in [1.82, 2.24) is 10.2 Å². The summed E-state index contributed by atoms with van der Waals surface area (Å²) in [5.41, 5.74) is 1.66. The van der Waals surface area contributed by atoms with Crippen LogP contribution in [0.3, 0.4) is 0 Å². The third-order valence-electron chi connectivity index (χ3n) is 5.80. The van der Waals surface area contributed by atoms with E-state index < -0.39 is 17.2 Å². The van der Waals surface area contributed by atoms with Crippen molar-refractivity contribution in [2.45, 2.75) is 43.9 Å². The SMILES string of the molecule is O=C1N(Cc2ccc(F)c(F)c2)CCC[C@@]1(O)CNC1Cc2ccccc2C1. The summed E-state index contributed by atoms with van der Waals surface area (Å²) in [6.07, 6.45) is 2.84. The number of likely N-dealkylation sites (tertiary alicyclic amines) is 1. The van der Waals surface area contributed by atoms with E-state index in [9.17, 15) is 18.7 Å². The molecule has 0 bridgehead atoms. The van der Waals surface area contributed by atoms with Crippen LogP contribution in [0.25, 0.3) is 0 Å². The molecule has 2 aromatic carbocycles. The largest absolute Gasteiger partial charge is 0.379 e. The van der Waals surface area contributed by atoms with Crippen LogP contribution < -0.4 is 5.32 Å². The van der Waals surface area contributed by atoms with Gasteiger partial charge in [-0.15, -0.1) is 0 Å². The molecule has 6 heteroatoms. The van der Waals surface area contributed by atoms with Crippen molar-refractivity contribution in [3.63, 3.8) is 0 Å². The lowest BCUT2D eigenvalue weighted by molar-refractivity contribution is -0.157. The lowest BCUT2D eigenvalue weighted by Crippen LogP contribution is -2.58. The van der Waals surface area contributed by atoms with Gasteiger partial charge in [0.15, 0.2) is 17.2 Å². The summed E-state index contributed by atoms with van der Waals surface area (Å²) in [5, 5.41) is 14.3. The Morgan fingerprint density at radius 3 is 2.50 bits per heavy atom. The first-order valence-electron chi connectivity index (χ1n) is 9.70. The maximum atomic E-state index is 13.5. The molecule has 28 heavy (non-hydrogen) atoms. The lowest BCUT2D eigenvalue weighted by Gasteiger charge is -2.39. The predicted octanol–water partition coefficient (Wildman–Crippen LogP) is 2.58. The van der Waals surface area contributed by atoms with Gasteiger partial charge in [-0.05, 0) is 54.5 Å². The zero-order valence-corrected chi connectivity index (χ0v) is 15.6. The molecule has 4 rings (SSSR count). The highest BCUT2D eigenvalue weighted by atomic mass is 19.2. The Hall–Kier alpha value is -2.31. The highest BCUT2D eigenvalue weighted by Gasteiger charge is 2.42. The van der Waals surface area contributed by atoms with Gasteiger partial charge in [0.2, 0.25) is 0 Å². The average molecular weight is 386 g/mol. The number of carbonyl (C=O) groups excluding carboxylic acids is 1. The number of hydrogen-bond donors (Lipinski definition) is 2. The number of rotatable bonds is 5. The molecule has 2 N–H and O–H groups in total. The highest BCUT2D eigenvalue weighted by molar-refractivity contribution is 5.86. The first kappa shape index (κ1) is 19.0. The van der Waals surface area contributed by atoms with Gasteiger partial charge in [0, 0.05) is 25.7 Å². The Morgan fingerprint density at radius 2 is 1.82 bits per heavy atom. The number of carbonyl (C=O) groups is 1. The lowest BCUT2D eigenvalue weighted by atomic mass is 9.91. The van der Waals surface area contributed by atoms with Crippen molar-refractivity contribution in [2.24, 2.45) is 0 Å². The average Bonchev–Trinajstić information content (AvgIpc) is 3.10. The summed E-state index contributed by atoms with van der Waals surface area (Å²) in [7, 11) is 0. The first-order chi connectivity index (χ1) is 13.4. The van der Waals surface area contributed by atoms with Gasteiger partial charge >= 0.3 is 0 Å². The van der Waals surface area contributed by atoms with Crippen LogP contribution >= 0.6 is 0 Å². The number of benzene rings is 2. The second kappa shape index (κ2) is 7.60. The molecule has 0 saturated carbocycles. The van der Waals surface area contributed by atoms with Crippen LogP contribution in [0, 0.1) is 11.6 Å². The maximum Gasteiger partial charge on any atom is 0.256 e. The Morgan fingerprint density at radius 1 is 1.11 bits per heavy atom. The number of nitrogens with zero attached hydrogens (tertiary/aromatic N) is 1. The van der Waals surface area contributed by atoms with Crippen molar-refractivity contribution < 1.29 is 18.7 Å². The van der Waals surface area contributed by atoms with Gasteiger partial charge < -0.3 is 15.3 Å². The van der Waals surface area contributed by atoms with E-state index in [1.165, 1.54) is 22.1 Å². The number of halogens is 2. The Labute approximate surface area is 163 Å². The zero-order chi connectivity index (χ0) is 19.7. The second-order valence-electron chi connectivity index (χ2n) is 7.87. The zero-order valence-electron chi connectivity index (χ0n) is 15.6. The smallest absolute Gasteiger partial charge is 0.256 e. The molecule has 1 saturated heterocycles. The molecule has 1 heterocycles. The van der Waals surface area contributed by atoms with E-state index in [4.69, 9.17) is 0 Å². The molecule has 1 aliphatic carbocycles. The van der Waals surface area contributed by atoms with Crippen molar-refractivity contribution in [3.05, 3.63) is 70.8 Å². The van der Waals surface area contributed by atoms with E-state index >= 15 is 0 Å². The van der Waals surface area contributed by atoms with Crippen LogP contribution in [0.4, 0.5) is 8.78 Å².